The summed E-state index contributed by atoms with van der Waals surface area (Å²) in [6.07, 6.45) is 9.23. The molecule has 2 unspecified atom stereocenters. The first-order valence-electron chi connectivity index (χ1n) is 14.6. The van der Waals surface area contributed by atoms with Gasteiger partial charge in [0.05, 0.1) is 24.2 Å². The van der Waals surface area contributed by atoms with Crippen molar-refractivity contribution in [1.29, 1.82) is 5.26 Å². The molecule has 0 bridgehead atoms. The van der Waals surface area contributed by atoms with Gasteiger partial charge >= 0.3 is 0 Å². The molecule has 2 saturated heterocycles. The quantitative estimate of drug-likeness (QED) is 0.266. The highest BCUT2D eigenvalue weighted by atomic mass is 16.7. The first-order chi connectivity index (χ1) is 20.6. The molecule has 3 atom stereocenters. The zero-order chi connectivity index (χ0) is 28.7. The second-order valence-corrected chi connectivity index (χ2v) is 10.9. The molecule has 42 heavy (non-hydrogen) atoms. The molecule has 3 aromatic heterocycles. The molecular formula is C33H34N6O3. The molecule has 0 saturated carbocycles. The van der Waals surface area contributed by atoms with E-state index in [4.69, 9.17) is 19.3 Å². The zero-order valence-corrected chi connectivity index (χ0v) is 23.8. The highest BCUT2D eigenvalue weighted by Crippen LogP contribution is 2.25. The third-order valence-electron chi connectivity index (χ3n) is 7.68. The molecule has 4 aromatic rings. The van der Waals surface area contributed by atoms with Crippen molar-refractivity contribution in [2.45, 2.75) is 58.1 Å². The predicted molar refractivity (Wildman–Crippen MR) is 156 cm³/mol. The largest absolute Gasteiger partial charge is 0.356 e. The summed E-state index contributed by atoms with van der Waals surface area (Å²) in [5, 5.41) is 13.4. The molecule has 0 N–H and O–H groups in total. The monoisotopic (exact) mass is 562 g/mol. The Kier molecular flexibility index (Phi) is 8.72. The van der Waals surface area contributed by atoms with Crippen LogP contribution in [0.3, 0.4) is 0 Å². The van der Waals surface area contributed by atoms with Crippen molar-refractivity contribution < 1.29 is 14.0 Å². The van der Waals surface area contributed by atoms with Crippen LogP contribution in [0.15, 0.2) is 65.6 Å². The number of hydrogen-bond acceptors (Lipinski definition) is 8. The van der Waals surface area contributed by atoms with Gasteiger partial charge in [0.1, 0.15) is 17.6 Å². The van der Waals surface area contributed by atoms with Crippen molar-refractivity contribution in [3.8, 4) is 29.2 Å². The number of nitriles is 1. The minimum absolute atomic E-state index is 0.138. The number of imidazole rings is 1. The molecule has 1 aromatic carbocycles. The van der Waals surface area contributed by atoms with Gasteiger partial charge in [-0.15, -0.1) is 0 Å². The van der Waals surface area contributed by atoms with Crippen LogP contribution in [0.25, 0.3) is 11.3 Å². The Hall–Kier alpha value is -4.28. The first-order valence-corrected chi connectivity index (χ1v) is 14.6. The zero-order valence-electron chi connectivity index (χ0n) is 23.8. The molecule has 0 amide bonds. The summed E-state index contributed by atoms with van der Waals surface area (Å²) in [6, 6.07) is 16.3. The van der Waals surface area contributed by atoms with Crippen LogP contribution in [-0.4, -0.2) is 50.6 Å². The van der Waals surface area contributed by atoms with Gasteiger partial charge in [0.2, 0.25) is 0 Å². The molecule has 214 valence electrons. The molecule has 9 heteroatoms. The minimum atomic E-state index is -0.190. The SMILES string of the molecule is C[C@H](OC1CCCCO1)c1nccn1Cc1cc(-c2ccc(C#Cc3ccc(CN4CCC(C#N)C4)nc3)cc2)on1. The number of ether oxygens (including phenoxy) is 2. The van der Waals surface area contributed by atoms with E-state index in [1.807, 2.05) is 66.3 Å². The Morgan fingerprint density at radius 1 is 1.02 bits per heavy atom. The van der Waals surface area contributed by atoms with Crippen molar-refractivity contribution >= 4 is 0 Å². The van der Waals surface area contributed by atoms with E-state index in [9.17, 15) is 0 Å². The lowest BCUT2D eigenvalue weighted by atomic mass is 10.1. The maximum atomic E-state index is 9.10. The highest BCUT2D eigenvalue weighted by molar-refractivity contribution is 5.59. The molecule has 0 radical (unpaired) electrons. The molecule has 6 rings (SSSR count). The second-order valence-electron chi connectivity index (χ2n) is 10.9. The van der Waals surface area contributed by atoms with Gasteiger partial charge < -0.3 is 18.6 Å². The Labute approximate surface area is 246 Å². The van der Waals surface area contributed by atoms with Crippen LogP contribution in [0.5, 0.6) is 0 Å². The van der Waals surface area contributed by atoms with Crippen molar-refractivity contribution in [3.63, 3.8) is 0 Å². The number of nitrogens with zero attached hydrogens (tertiary/aromatic N) is 6. The van der Waals surface area contributed by atoms with Crippen LogP contribution in [0, 0.1) is 29.1 Å². The van der Waals surface area contributed by atoms with Crippen LogP contribution < -0.4 is 0 Å². The average Bonchev–Trinajstić information content (AvgIpc) is 3.80. The van der Waals surface area contributed by atoms with Gasteiger partial charge in [0, 0.05) is 61.0 Å². The van der Waals surface area contributed by atoms with Gasteiger partial charge in [-0.1, -0.05) is 17.0 Å². The van der Waals surface area contributed by atoms with E-state index < -0.39 is 0 Å². The molecule has 2 fully saturated rings. The van der Waals surface area contributed by atoms with Crippen LogP contribution in [0.4, 0.5) is 0 Å². The van der Waals surface area contributed by atoms with Gasteiger partial charge in [-0.25, -0.2) is 4.98 Å². The fourth-order valence-electron chi connectivity index (χ4n) is 5.38. The average molecular weight is 563 g/mol. The third-order valence-corrected chi connectivity index (χ3v) is 7.68. The number of rotatable bonds is 8. The van der Waals surface area contributed by atoms with E-state index in [1.165, 1.54) is 0 Å². The lowest BCUT2D eigenvalue weighted by Crippen LogP contribution is -2.24. The van der Waals surface area contributed by atoms with Crippen molar-refractivity contribution in [2.75, 3.05) is 19.7 Å². The standard InChI is InChI=1S/C33H34N6O3/c1-24(41-32-4-2-3-17-40-32)33-35-14-16-39(33)23-30-18-31(42-37-30)28-10-7-25(8-11-28)5-6-26-9-12-29(36-20-26)22-38-15-13-27(19-34)21-38/h7-12,14,16,18,20,24,27,32H,2-4,13,15,17,21-23H2,1H3/t24-,27?,32?/m0/s1. The molecule has 0 spiro atoms. The lowest BCUT2D eigenvalue weighted by molar-refractivity contribution is -0.188. The summed E-state index contributed by atoms with van der Waals surface area (Å²) in [4.78, 5) is 11.4. The molecule has 9 nitrogen and oxygen atoms in total. The lowest BCUT2D eigenvalue weighted by Gasteiger charge is -2.26. The van der Waals surface area contributed by atoms with E-state index in [2.05, 4.69) is 37.9 Å². The van der Waals surface area contributed by atoms with Gasteiger partial charge in [-0.2, -0.15) is 5.26 Å². The highest BCUT2D eigenvalue weighted by Gasteiger charge is 2.23. The Morgan fingerprint density at radius 2 is 1.88 bits per heavy atom. The molecule has 2 aliphatic rings. The number of hydrogen-bond donors (Lipinski definition) is 0. The summed E-state index contributed by atoms with van der Waals surface area (Å²) >= 11 is 0. The van der Waals surface area contributed by atoms with Gasteiger partial charge in [-0.3, -0.25) is 9.88 Å². The van der Waals surface area contributed by atoms with Crippen LogP contribution in [0.2, 0.25) is 0 Å². The maximum absolute atomic E-state index is 9.10. The molecule has 5 heterocycles. The molecular weight excluding hydrogens is 528 g/mol. The third kappa shape index (κ3) is 6.95. The van der Waals surface area contributed by atoms with E-state index >= 15 is 0 Å². The Morgan fingerprint density at radius 3 is 2.64 bits per heavy atom. The Balaban J connectivity index is 1.04. The van der Waals surface area contributed by atoms with Crippen LogP contribution in [-0.2, 0) is 22.6 Å². The fraction of sp³-hybridized carbons (Fsp3) is 0.394. The summed E-state index contributed by atoms with van der Waals surface area (Å²) in [6.45, 7) is 5.82. The maximum Gasteiger partial charge on any atom is 0.167 e. The van der Waals surface area contributed by atoms with E-state index in [0.29, 0.717) is 12.3 Å². The fourth-order valence-corrected chi connectivity index (χ4v) is 5.38. The number of likely N-dealkylation sites (tertiary alicyclic amines) is 1. The topological polar surface area (TPSA) is 102 Å². The number of aromatic nitrogens is 4. The Bertz CT molecular complexity index is 1570. The smallest absolute Gasteiger partial charge is 0.167 e. The summed E-state index contributed by atoms with van der Waals surface area (Å²) in [5.41, 5.74) is 4.50. The summed E-state index contributed by atoms with van der Waals surface area (Å²) < 4.78 is 19.5. The summed E-state index contributed by atoms with van der Waals surface area (Å²) in [5.74, 6) is 8.08. The van der Waals surface area contributed by atoms with E-state index in [-0.39, 0.29) is 18.3 Å². The van der Waals surface area contributed by atoms with E-state index in [1.54, 1.807) is 6.20 Å². The van der Waals surface area contributed by atoms with Gasteiger partial charge in [0.15, 0.2) is 12.1 Å². The van der Waals surface area contributed by atoms with Gasteiger partial charge in [0.25, 0.3) is 0 Å². The number of pyridine rings is 1. The molecule has 0 aliphatic carbocycles. The van der Waals surface area contributed by atoms with Crippen LogP contribution >= 0.6 is 0 Å². The van der Waals surface area contributed by atoms with Gasteiger partial charge in [-0.05, 0) is 75.5 Å². The van der Waals surface area contributed by atoms with Crippen molar-refractivity contribution in [2.24, 2.45) is 5.92 Å². The predicted octanol–water partition coefficient (Wildman–Crippen LogP) is 5.33. The normalized spacial score (nSPS) is 19.6. The summed E-state index contributed by atoms with van der Waals surface area (Å²) in [7, 11) is 0. The van der Waals surface area contributed by atoms with E-state index in [0.717, 1.165) is 85.8 Å². The minimum Gasteiger partial charge on any atom is -0.356 e. The van der Waals surface area contributed by atoms with Crippen molar-refractivity contribution in [3.05, 3.63) is 89.4 Å². The first kappa shape index (κ1) is 27.9. The van der Waals surface area contributed by atoms with Crippen molar-refractivity contribution in [1.82, 2.24) is 24.6 Å². The number of benzene rings is 1. The van der Waals surface area contributed by atoms with Crippen LogP contribution in [0.1, 0.15) is 67.1 Å². The second kappa shape index (κ2) is 13.1. The molecule has 2 aliphatic heterocycles.